The highest BCUT2D eigenvalue weighted by Crippen LogP contribution is 2.32. The van der Waals surface area contributed by atoms with Gasteiger partial charge in [0.05, 0.1) is 4.92 Å². The summed E-state index contributed by atoms with van der Waals surface area (Å²) in [5, 5.41) is 11.0. The summed E-state index contributed by atoms with van der Waals surface area (Å²) < 4.78 is 0. The molecule has 0 radical (unpaired) electrons. The lowest BCUT2D eigenvalue weighted by molar-refractivity contribution is -0.384. The molecule has 2 heterocycles. The highest BCUT2D eigenvalue weighted by atomic mass is 16.6. The number of nitrogens with two attached hydrogens (primary N) is 1. The van der Waals surface area contributed by atoms with Crippen LogP contribution < -0.4 is 10.6 Å². The van der Waals surface area contributed by atoms with Gasteiger partial charge in [0.15, 0.2) is 0 Å². The van der Waals surface area contributed by atoms with Crippen molar-refractivity contribution in [3.05, 3.63) is 28.6 Å². The van der Waals surface area contributed by atoms with Crippen LogP contribution in [0.4, 0.5) is 11.4 Å². The first kappa shape index (κ1) is 12.8. The monoisotopic (exact) mass is 250 g/mol. The van der Waals surface area contributed by atoms with Crippen LogP contribution in [0.25, 0.3) is 0 Å². The first-order valence-electron chi connectivity index (χ1n) is 6.17. The molecule has 2 N–H and O–H groups in total. The summed E-state index contributed by atoms with van der Waals surface area (Å²) in [6.07, 6.45) is 3.92. The zero-order valence-electron chi connectivity index (χ0n) is 10.5. The number of pyridine rings is 1. The van der Waals surface area contributed by atoms with Crippen molar-refractivity contribution in [2.24, 2.45) is 17.6 Å². The van der Waals surface area contributed by atoms with E-state index in [1.165, 1.54) is 6.20 Å². The molecule has 1 aromatic heterocycles. The van der Waals surface area contributed by atoms with Crippen molar-refractivity contribution in [3.63, 3.8) is 0 Å². The van der Waals surface area contributed by atoms with Gasteiger partial charge < -0.3 is 10.6 Å². The van der Waals surface area contributed by atoms with Gasteiger partial charge in [0.25, 0.3) is 0 Å². The van der Waals surface area contributed by atoms with Crippen LogP contribution in [0.2, 0.25) is 0 Å². The molecule has 0 aliphatic carbocycles. The van der Waals surface area contributed by atoms with E-state index in [0.717, 1.165) is 19.5 Å². The summed E-state index contributed by atoms with van der Waals surface area (Å²) in [6, 6.07) is 1.71. The molecule has 0 aromatic carbocycles. The van der Waals surface area contributed by atoms with Crippen molar-refractivity contribution in [2.45, 2.75) is 13.3 Å². The third-order valence-electron chi connectivity index (χ3n) is 3.73. The molecule has 1 fully saturated rings. The molecule has 6 heteroatoms. The van der Waals surface area contributed by atoms with E-state index >= 15 is 0 Å². The van der Waals surface area contributed by atoms with Gasteiger partial charge in [-0.1, -0.05) is 6.92 Å². The van der Waals surface area contributed by atoms with Crippen molar-refractivity contribution in [3.8, 4) is 0 Å². The van der Waals surface area contributed by atoms with Crippen molar-refractivity contribution in [1.82, 2.24) is 4.98 Å². The zero-order valence-corrected chi connectivity index (χ0v) is 10.5. The minimum atomic E-state index is -0.377. The quantitative estimate of drug-likeness (QED) is 0.647. The van der Waals surface area contributed by atoms with Gasteiger partial charge in [-0.25, -0.2) is 0 Å². The van der Waals surface area contributed by atoms with E-state index in [-0.39, 0.29) is 10.6 Å². The largest absolute Gasteiger partial charge is 0.366 e. The molecule has 0 amide bonds. The molecule has 2 rings (SSSR count). The molecule has 1 aliphatic heterocycles. The molecule has 98 valence electrons. The lowest BCUT2D eigenvalue weighted by Crippen LogP contribution is -2.42. The van der Waals surface area contributed by atoms with Crippen LogP contribution in [-0.4, -0.2) is 29.5 Å². The number of anilines is 1. The van der Waals surface area contributed by atoms with Crippen LogP contribution >= 0.6 is 0 Å². The molecule has 2 atom stereocenters. The number of hydrogen-bond donors (Lipinski definition) is 1. The van der Waals surface area contributed by atoms with Crippen molar-refractivity contribution >= 4 is 11.4 Å². The first-order valence-corrected chi connectivity index (χ1v) is 6.17. The summed E-state index contributed by atoms with van der Waals surface area (Å²) in [4.78, 5) is 16.5. The zero-order chi connectivity index (χ0) is 13.1. The number of piperidine rings is 1. The van der Waals surface area contributed by atoms with Gasteiger partial charge in [-0.3, -0.25) is 15.1 Å². The Morgan fingerprint density at radius 1 is 1.67 bits per heavy atom. The van der Waals surface area contributed by atoms with E-state index in [9.17, 15) is 10.1 Å². The Morgan fingerprint density at radius 3 is 3.11 bits per heavy atom. The predicted molar refractivity (Wildman–Crippen MR) is 69.4 cm³/mol. The molecular formula is C12H18N4O2. The van der Waals surface area contributed by atoms with Crippen molar-refractivity contribution < 1.29 is 4.92 Å². The van der Waals surface area contributed by atoms with Gasteiger partial charge in [-0.2, -0.15) is 0 Å². The molecule has 6 nitrogen and oxygen atoms in total. The van der Waals surface area contributed by atoms with Crippen LogP contribution in [0.3, 0.4) is 0 Å². The Labute approximate surface area is 106 Å². The molecule has 0 spiro atoms. The summed E-state index contributed by atoms with van der Waals surface area (Å²) in [7, 11) is 0. The maximum Gasteiger partial charge on any atom is 0.310 e. The lowest BCUT2D eigenvalue weighted by Gasteiger charge is -2.37. The summed E-state index contributed by atoms with van der Waals surface area (Å²) in [5.41, 5.74) is 6.48. The van der Waals surface area contributed by atoms with Crippen molar-refractivity contribution in [2.75, 3.05) is 24.5 Å². The van der Waals surface area contributed by atoms with E-state index in [1.54, 1.807) is 12.3 Å². The highest BCUT2D eigenvalue weighted by Gasteiger charge is 2.28. The predicted octanol–water partition coefficient (Wildman–Crippen LogP) is 1.41. The Hall–Kier alpha value is -1.69. The molecule has 2 unspecified atom stereocenters. The first-order chi connectivity index (χ1) is 8.63. The SMILES string of the molecule is CC1CCN(c2ccncc2[N+](=O)[O-])CC1CN. The minimum Gasteiger partial charge on any atom is -0.366 e. The fraction of sp³-hybridized carbons (Fsp3) is 0.583. The summed E-state index contributed by atoms with van der Waals surface area (Å²) >= 11 is 0. The van der Waals surface area contributed by atoms with Gasteiger partial charge in [0, 0.05) is 19.3 Å². The molecule has 1 saturated heterocycles. The maximum atomic E-state index is 11.0. The number of nitro groups is 1. The van der Waals surface area contributed by atoms with E-state index in [4.69, 9.17) is 5.73 Å². The maximum absolute atomic E-state index is 11.0. The van der Waals surface area contributed by atoms with Crippen molar-refractivity contribution in [1.29, 1.82) is 0 Å². The number of rotatable bonds is 3. The second kappa shape index (κ2) is 5.30. The van der Waals surface area contributed by atoms with Gasteiger partial charge in [0.1, 0.15) is 11.9 Å². The van der Waals surface area contributed by atoms with Crippen LogP contribution in [0.5, 0.6) is 0 Å². The minimum absolute atomic E-state index is 0.0721. The second-order valence-electron chi connectivity index (χ2n) is 4.83. The molecule has 18 heavy (non-hydrogen) atoms. The lowest BCUT2D eigenvalue weighted by atomic mass is 9.87. The molecule has 1 aliphatic rings. The van der Waals surface area contributed by atoms with E-state index in [1.807, 2.05) is 0 Å². The molecule has 0 saturated carbocycles. The topological polar surface area (TPSA) is 85.3 Å². The second-order valence-corrected chi connectivity index (χ2v) is 4.83. The Bertz CT molecular complexity index is 438. The van der Waals surface area contributed by atoms with Gasteiger partial charge in [-0.15, -0.1) is 0 Å². The van der Waals surface area contributed by atoms with E-state index in [0.29, 0.717) is 24.1 Å². The summed E-state index contributed by atoms with van der Waals surface area (Å²) in [6.45, 7) is 4.43. The molecule has 0 bridgehead atoms. The fourth-order valence-corrected chi connectivity index (χ4v) is 2.46. The summed E-state index contributed by atoms with van der Waals surface area (Å²) in [5.74, 6) is 0.971. The highest BCUT2D eigenvalue weighted by molar-refractivity contribution is 5.61. The fourth-order valence-electron chi connectivity index (χ4n) is 2.46. The average Bonchev–Trinajstić information content (AvgIpc) is 2.39. The van der Waals surface area contributed by atoms with E-state index in [2.05, 4.69) is 16.8 Å². The van der Waals surface area contributed by atoms with Crippen LogP contribution in [0, 0.1) is 22.0 Å². The third-order valence-corrected chi connectivity index (χ3v) is 3.73. The Morgan fingerprint density at radius 2 is 2.44 bits per heavy atom. The van der Waals surface area contributed by atoms with Gasteiger partial charge >= 0.3 is 5.69 Å². The smallest absolute Gasteiger partial charge is 0.310 e. The third kappa shape index (κ3) is 2.43. The molecular weight excluding hydrogens is 232 g/mol. The average molecular weight is 250 g/mol. The van der Waals surface area contributed by atoms with Crippen LogP contribution in [0.15, 0.2) is 18.5 Å². The normalized spacial score (nSPS) is 24.0. The van der Waals surface area contributed by atoms with E-state index < -0.39 is 0 Å². The standard InChI is InChI=1S/C12H18N4O2/c1-9-3-5-15(8-10(9)6-13)11-2-4-14-7-12(11)16(17)18/h2,4,7,9-10H,3,5-6,8,13H2,1H3. The van der Waals surface area contributed by atoms with Gasteiger partial charge in [0.2, 0.25) is 0 Å². The Balaban J connectivity index is 2.24. The molecule has 1 aromatic rings. The Kier molecular flexibility index (Phi) is 3.76. The van der Waals surface area contributed by atoms with Gasteiger partial charge in [-0.05, 0) is 30.9 Å². The van der Waals surface area contributed by atoms with Crippen LogP contribution in [0.1, 0.15) is 13.3 Å². The number of hydrogen-bond acceptors (Lipinski definition) is 5. The number of nitrogens with zero attached hydrogens (tertiary/aromatic N) is 3. The van der Waals surface area contributed by atoms with Crippen LogP contribution in [-0.2, 0) is 0 Å². The number of aromatic nitrogens is 1.